The first-order valence-electron chi connectivity index (χ1n) is 10.1. The average molecular weight is 401 g/mol. The first-order chi connectivity index (χ1) is 14.6. The predicted octanol–water partition coefficient (Wildman–Crippen LogP) is 2.07. The Bertz CT molecular complexity index is 1140. The van der Waals surface area contributed by atoms with Crippen molar-refractivity contribution in [2.75, 3.05) is 26.2 Å². The number of carbonyl (C=O) groups is 1. The molecule has 1 N–H and O–H groups in total. The maximum Gasteiger partial charge on any atom is 0.258 e. The molecule has 0 saturated carbocycles. The summed E-state index contributed by atoms with van der Waals surface area (Å²) in [5.41, 5.74) is 2.32. The summed E-state index contributed by atoms with van der Waals surface area (Å²) in [7, 11) is 0. The lowest BCUT2D eigenvalue weighted by Gasteiger charge is -2.34. The maximum atomic E-state index is 12.6. The van der Waals surface area contributed by atoms with E-state index >= 15 is 0 Å². The number of rotatable bonds is 5. The van der Waals surface area contributed by atoms with Gasteiger partial charge in [-0.15, -0.1) is 0 Å². The zero-order chi connectivity index (χ0) is 20.9. The molecule has 0 spiro atoms. The van der Waals surface area contributed by atoms with Gasteiger partial charge < -0.3 is 9.88 Å². The van der Waals surface area contributed by atoms with Gasteiger partial charge in [0.15, 0.2) is 0 Å². The van der Waals surface area contributed by atoms with Crippen molar-refractivity contribution >= 4 is 16.8 Å². The van der Waals surface area contributed by atoms with Crippen molar-refractivity contribution in [1.29, 1.82) is 5.26 Å². The van der Waals surface area contributed by atoms with Gasteiger partial charge in [-0.05, 0) is 29.8 Å². The molecular weight excluding hydrogens is 378 g/mol. The Hall–Kier alpha value is -3.50. The normalized spacial score (nSPS) is 14.6. The van der Waals surface area contributed by atoms with E-state index in [2.05, 4.69) is 20.9 Å². The predicted molar refractivity (Wildman–Crippen MR) is 114 cm³/mol. The lowest BCUT2D eigenvalue weighted by atomic mass is 10.1. The number of para-hydroxylation sites is 1. The van der Waals surface area contributed by atoms with Crippen LogP contribution in [0.15, 0.2) is 53.3 Å². The van der Waals surface area contributed by atoms with E-state index in [1.807, 2.05) is 47.4 Å². The number of aromatic amines is 1. The van der Waals surface area contributed by atoms with Gasteiger partial charge in [-0.2, -0.15) is 5.26 Å². The molecule has 1 amide bonds. The van der Waals surface area contributed by atoms with Gasteiger partial charge in [0, 0.05) is 45.6 Å². The van der Waals surface area contributed by atoms with E-state index < -0.39 is 0 Å². The summed E-state index contributed by atoms with van der Waals surface area (Å²) in [6.45, 7) is 3.83. The topological polar surface area (TPSA) is 93.1 Å². The van der Waals surface area contributed by atoms with Gasteiger partial charge in [0.25, 0.3) is 5.56 Å². The van der Waals surface area contributed by atoms with E-state index in [-0.39, 0.29) is 11.5 Å². The molecular formula is C23H23N5O2. The third kappa shape index (κ3) is 4.56. The van der Waals surface area contributed by atoms with E-state index in [0.717, 1.165) is 19.6 Å². The summed E-state index contributed by atoms with van der Waals surface area (Å²) >= 11 is 0. The lowest BCUT2D eigenvalue weighted by molar-refractivity contribution is -0.133. The van der Waals surface area contributed by atoms with Crippen molar-refractivity contribution in [2.45, 2.75) is 19.4 Å². The Morgan fingerprint density at radius 3 is 2.53 bits per heavy atom. The van der Waals surface area contributed by atoms with Crippen LogP contribution in [0.3, 0.4) is 0 Å². The van der Waals surface area contributed by atoms with Crippen LogP contribution in [0.5, 0.6) is 0 Å². The summed E-state index contributed by atoms with van der Waals surface area (Å²) in [6.07, 6.45) is 0.751. The largest absolute Gasteiger partial charge is 0.340 e. The Morgan fingerprint density at radius 1 is 1.07 bits per heavy atom. The number of piperazine rings is 1. The highest BCUT2D eigenvalue weighted by Gasteiger charge is 2.21. The van der Waals surface area contributed by atoms with E-state index in [1.165, 1.54) is 5.56 Å². The van der Waals surface area contributed by atoms with Gasteiger partial charge in [-0.3, -0.25) is 14.5 Å². The van der Waals surface area contributed by atoms with Crippen molar-refractivity contribution in [2.24, 2.45) is 0 Å². The number of aryl methyl sites for hydroxylation is 1. The van der Waals surface area contributed by atoms with Crippen molar-refractivity contribution < 1.29 is 4.79 Å². The molecule has 1 aliphatic heterocycles. The summed E-state index contributed by atoms with van der Waals surface area (Å²) in [5, 5.41) is 9.45. The van der Waals surface area contributed by atoms with Crippen LogP contribution in [0.2, 0.25) is 0 Å². The second-order valence-electron chi connectivity index (χ2n) is 7.50. The molecule has 4 rings (SSSR count). The molecule has 1 fully saturated rings. The first-order valence-corrected chi connectivity index (χ1v) is 10.1. The fraction of sp³-hybridized carbons (Fsp3) is 0.304. The molecule has 0 radical (unpaired) electrons. The second kappa shape index (κ2) is 8.89. The Labute approximate surface area is 174 Å². The first kappa shape index (κ1) is 19.8. The number of carbonyl (C=O) groups excluding carboxylic acids is 1. The molecule has 3 aromatic rings. The van der Waals surface area contributed by atoms with Crippen LogP contribution in [0.1, 0.15) is 23.4 Å². The van der Waals surface area contributed by atoms with Crippen molar-refractivity contribution in [3.05, 3.63) is 75.8 Å². The van der Waals surface area contributed by atoms with Crippen molar-refractivity contribution in [3.63, 3.8) is 0 Å². The van der Waals surface area contributed by atoms with Crippen LogP contribution in [0.4, 0.5) is 0 Å². The monoisotopic (exact) mass is 401 g/mol. The van der Waals surface area contributed by atoms with Gasteiger partial charge >= 0.3 is 0 Å². The van der Waals surface area contributed by atoms with Gasteiger partial charge in [0.2, 0.25) is 5.91 Å². The number of aromatic nitrogens is 2. The average Bonchev–Trinajstić information content (AvgIpc) is 2.78. The number of amides is 1. The summed E-state index contributed by atoms with van der Waals surface area (Å²) in [6, 6.07) is 17.0. The molecule has 7 heteroatoms. The molecule has 152 valence electrons. The van der Waals surface area contributed by atoms with Gasteiger partial charge in [-0.25, -0.2) is 4.98 Å². The highest BCUT2D eigenvalue weighted by molar-refractivity contribution is 5.78. The number of fused-ring (bicyclic) bond motifs is 1. The van der Waals surface area contributed by atoms with E-state index in [4.69, 9.17) is 5.26 Å². The van der Waals surface area contributed by atoms with E-state index in [0.29, 0.717) is 48.2 Å². The number of nitriles is 1. The van der Waals surface area contributed by atoms with Crippen LogP contribution >= 0.6 is 0 Å². The van der Waals surface area contributed by atoms with Crippen LogP contribution < -0.4 is 5.56 Å². The molecule has 1 aromatic heterocycles. The highest BCUT2D eigenvalue weighted by atomic mass is 16.2. The number of hydrogen-bond donors (Lipinski definition) is 1. The third-order valence-electron chi connectivity index (χ3n) is 5.45. The summed E-state index contributed by atoms with van der Waals surface area (Å²) < 4.78 is 0. The van der Waals surface area contributed by atoms with Gasteiger partial charge in [0.05, 0.1) is 22.5 Å². The van der Waals surface area contributed by atoms with E-state index in [1.54, 1.807) is 6.07 Å². The Balaban J connectivity index is 1.28. The number of H-pyrrole nitrogens is 1. The fourth-order valence-electron chi connectivity index (χ4n) is 3.74. The molecule has 2 aromatic carbocycles. The maximum absolute atomic E-state index is 12.6. The quantitative estimate of drug-likeness (QED) is 0.707. The molecule has 0 aliphatic carbocycles. The SMILES string of the molecule is N#Cc1ccc(CN2CCN(C(=O)CCc3nc4ccccc4c(=O)[nH]3)CC2)cc1. The van der Waals surface area contributed by atoms with Crippen LogP contribution in [0, 0.1) is 11.3 Å². The van der Waals surface area contributed by atoms with Crippen LogP contribution in [-0.4, -0.2) is 51.9 Å². The third-order valence-corrected chi connectivity index (χ3v) is 5.45. The smallest absolute Gasteiger partial charge is 0.258 e. The minimum Gasteiger partial charge on any atom is -0.340 e. The lowest BCUT2D eigenvalue weighted by Crippen LogP contribution is -2.48. The van der Waals surface area contributed by atoms with Crippen molar-refractivity contribution in [3.8, 4) is 6.07 Å². The molecule has 30 heavy (non-hydrogen) atoms. The van der Waals surface area contributed by atoms with Crippen LogP contribution in [-0.2, 0) is 17.8 Å². The van der Waals surface area contributed by atoms with Crippen molar-refractivity contribution in [1.82, 2.24) is 19.8 Å². The summed E-state index contributed by atoms with van der Waals surface area (Å²) in [5.74, 6) is 0.635. The second-order valence-corrected chi connectivity index (χ2v) is 7.50. The number of hydrogen-bond acceptors (Lipinski definition) is 5. The fourth-order valence-corrected chi connectivity index (χ4v) is 3.74. The Kier molecular flexibility index (Phi) is 5.87. The standard InChI is InChI=1S/C23H23N5O2/c24-15-17-5-7-18(8-6-17)16-27-11-13-28(14-12-27)22(29)10-9-21-25-20-4-2-1-3-19(20)23(30)26-21/h1-8H,9-14,16H2,(H,25,26,30). The van der Waals surface area contributed by atoms with Gasteiger partial charge in [-0.1, -0.05) is 24.3 Å². The molecule has 2 heterocycles. The van der Waals surface area contributed by atoms with Crippen LogP contribution in [0.25, 0.3) is 10.9 Å². The number of nitrogens with zero attached hydrogens (tertiary/aromatic N) is 4. The zero-order valence-corrected chi connectivity index (χ0v) is 16.7. The minimum atomic E-state index is -0.167. The van der Waals surface area contributed by atoms with Gasteiger partial charge in [0.1, 0.15) is 5.82 Å². The number of benzene rings is 2. The highest BCUT2D eigenvalue weighted by Crippen LogP contribution is 2.12. The molecule has 1 aliphatic rings. The molecule has 0 unspecified atom stereocenters. The minimum absolute atomic E-state index is 0.0869. The molecule has 1 saturated heterocycles. The number of nitrogens with one attached hydrogen (secondary N) is 1. The molecule has 0 bridgehead atoms. The zero-order valence-electron chi connectivity index (χ0n) is 16.7. The Morgan fingerprint density at radius 2 is 1.80 bits per heavy atom. The molecule has 7 nitrogen and oxygen atoms in total. The summed E-state index contributed by atoms with van der Waals surface area (Å²) in [4.78, 5) is 36.2. The van der Waals surface area contributed by atoms with E-state index in [9.17, 15) is 9.59 Å². The molecule has 0 atom stereocenters.